The van der Waals surface area contributed by atoms with E-state index in [0.717, 1.165) is 34.9 Å². The molecule has 0 bridgehead atoms. The number of hydrogen-bond donors (Lipinski definition) is 0. The number of fused-ring (bicyclic) bond motifs is 2. The highest BCUT2D eigenvalue weighted by Crippen LogP contribution is 2.45. The first-order chi connectivity index (χ1) is 15.8. The van der Waals surface area contributed by atoms with Gasteiger partial charge in [-0.3, -0.25) is 0 Å². The van der Waals surface area contributed by atoms with Crippen molar-refractivity contribution < 1.29 is 18.3 Å². The molecule has 2 aromatic carbocycles. The molecule has 1 aliphatic heterocycles. The minimum Gasteiger partial charge on any atom is -0.484 e. The molecule has 0 saturated heterocycles. The predicted molar refractivity (Wildman–Crippen MR) is 120 cm³/mol. The maximum Gasteiger partial charge on any atom is 0.336 e. The number of aromatic nitrogens is 3. The Morgan fingerprint density at radius 2 is 2.00 bits per heavy atom. The van der Waals surface area contributed by atoms with Gasteiger partial charge in [0.25, 0.3) is 0 Å². The van der Waals surface area contributed by atoms with Crippen LogP contribution in [0.15, 0.2) is 51.8 Å². The van der Waals surface area contributed by atoms with Gasteiger partial charge < -0.3 is 13.9 Å². The normalized spacial score (nSPS) is 14.7. The van der Waals surface area contributed by atoms with Crippen molar-refractivity contribution in [3.8, 4) is 11.5 Å². The van der Waals surface area contributed by atoms with E-state index in [2.05, 4.69) is 10.3 Å². The molecule has 0 radical (unpaired) electrons. The lowest BCUT2D eigenvalue weighted by Gasteiger charge is -2.33. The Morgan fingerprint density at radius 3 is 2.79 bits per heavy atom. The number of benzene rings is 2. The van der Waals surface area contributed by atoms with Gasteiger partial charge in [-0.15, -0.1) is 5.10 Å². The summed E-state index contributed by atoms with van der Waals surface area (Å²) in [4.78, 5) is 12.1. The maximum absolute atomic E-state index is 13.1. The van der Waals surface area contributed by atoms with Crippen LogP contribution in [0.2, 0.25) is 0 Å². The zero-order valence-corrected chi connectivity index (χ0v) is 18.7. The third-order valence-corrected chi connectivity index (χ3v) is 5.81. The van der Waals surface area contributed by atoms with Crippen molar-refractivity contribution in [1.29, 1.82) is 0 Å². The summed E-state index contributed by atoms with van der Waals surface area (Å²) in [6, 6.07) is 9.74. The fourth-order valence-electron chi connectivity index (χ4n) is 4.05. The number of aryl methyl sites for hydroxylation is 2. The van der Waals surface area contributed by atoms with Crippen molar-refractivity contribution in [1.82, 2.24) is 15.0 Å². The predicted octanol–water partition coefficient (Wildman–Crippen LogP) is 4.56. The monoisotopic (exact) mass is 449 g/mol. The van der Waals surface area contributed by atoms with Crippen molar-refractivity contribution in [2.45, 2.75) is 52.4 Å². The molecule has 0 fully saturated rings. The van der Waals surface area contributed by atoms with Crippen LogP contribution in [0.1, 0.15) is 42.7 Å². The van der Waals surface area contributed by atoms with E-state index in [1.165, 1.54) is 18.2 Å². The fourth-order valence-corrected chi connectivity index (χ4v) is 4.05. The zero-order valence-electron chi connectivity index (χ0n) is 18.7. The largest absolute Gasteiger partial charge is 0.484 e. The van der Waals surface area contributed by atoms with E-state index in [1.54, 1.807) is 23.0 Å². The summed E-state index contributed by atoms with van der Waals surface area (Å²) in [5.74, 6) is 0.729. The Balaban J connectivity index is 1.46. The number of nitrogens with zero attached hydrogens (tertiary/aromatic N) is 3. The van der Waals surface area contributed by atoms with Crippen molar-refractivity contribution in [2.75, 3.05) is 0 Å². The molecule has 0 amide bonds. The Morgan fingerprint density at radius 1 is 1.21 bits per heavy atom. The summed E-state index contributed by atoms with van der Waals surface area (Å²) < 4.78 is 32.8. The first kappa shape index (κ1) is 21.2. The maximum atomic E-state index is 13.1. The van der Waals surface area contributed by atoms with Gasteiger partial charge in [0.15, 0.2) is 11.3 Å². The molecule has 5 rings (SSSR count). The Hall–Kier alpha value is -3.68. The second-order valence-corrected chi connectivity index (χ2v) is 9.00. The quantitative estimate of drug-likeness (QED) is 0.416. The van der Waals surface area contributed by atoms with Crippen LogP contribution in [0.3, 0.4) is 0 Å². The van der Waals surface area contributed by atoms with Crippen molar-refractivity contribution in [3.05, 3.63) is 81.2 Å². The third-order valence-electron chi connectivity index (χ3n) is 5.81. The molecule has 170 valence electrons. The summed E-state index contributed by atoms with van der Waals surface area (Å²) in [5.41, 5.74) is 2.93. The average molecular weight is 449 g/mol. The van der Waals surface area contributed by atoms with E-state index >= 15 is 0 Å². The average Bonchev–Trinajstić information content (AvgIpc) is 3.20. The third kappa shape index (κ3) is 4.33. The first-order valence-corrected chi connectivity index (χ1v) is 10.8. The van der Waals surface area contributed by atoms with Gasteiger partial charge in [0.1, 0.15) is 23.7 Å². The SMILES string of the molecule is Cc1cc(=O)oc2c(OCc3cn(Cc4ccc(F)cc4)nn3)c3c(cc12)CCC(C)(C)O3. The summed E-state index contributed by atoms with van der Waals surface area (Å²) in [6.45, 7) is 6.51. The minimum absolute atomic E-state index is 0.121. The van der Waals surface area contributed by atoms with E-state index in [9.17, 15) is 9.18 Å². The molecule has 3 heterocycles. The molecule has 8 heteroatoms. The number of ether oxygens (including phenoxy) is 2. The lowest BCUT2D eigenvalue weighted by molar-refractivity contribution is 0.0787. The van der Waals surface area contributed by atoms with E-state index < -0.39 is 5.63 Å². The van der Waals surface area contributed by atoms with E-state index in [1.807, 2.05) is 26.8 Å². The molecule has 4 aromatic rings. The molecule has 33 heavy (non-hydrogen) atoms. The van der Waals surface area contributed by atoms with Gasteiger partial charge in [-0.2, -0.15) is 0 Å². The molecular weight excluding hydrogens is 425 g/mol. The molecule has 0 unspecified atom stereocenters. The Bertz CT molecular complexity index is 1390. The van der Waals surface area contributed by atoms with Crippen LogP contribution in [0.25, 0.3) is 11.0 Å². The first-order valence-electron chi connectivity index (χ1n) is 10.8. The van der Waals surface area contributed by atoms with Crippen LogP contribution < -0.4 is 15.1 Å². The van der Waals surface area contributed by atoms with Gasteiger partial charge in [0, 0.05) is 11.5 Å². The number of rotatable bonds is 5. The summed E-state index contributed by atoms with van der Waals surface area (Å²) in [5, 5.41) is 9.14. The highest BCUT2D eigenvalue weighted by atomic mass is 19.1. The van der Waals surface area contributed by atoms with Gasteiger partial charge in [-0.1, -0.05) is 17.3 Å². The van der Waals surface area contributed by atoms with Gasteiger partial charge >= 0.3 is 5.63 Å². The Labute approximate surface area is 189 Å². The summed E-state index contributed by atoms with van der Waals surface area (Å²) in [6.07, 6.45) is 3.48. The van der Waals surface area contributed by atoms with Gasteiger partial charge in [0.05, 0.1) is 12.7 Å². The van der Waals surface area contributed by atoms with Crippen LogP contribution in [-0.2, 0) is 19.6 Å². The molecule has 0 saturated carbocycles. The van der Waals surface area contributed by atoms with Gasteiger partial charge in [-0.05, 0) is 68.5 Å². The lowest BCUT2D eigenvalue weighted by atomic mass is 9.92. The van der Waals surface area contributed by atoms with Crippen molar-refractivity contribution in [2.24, 2.45) is 0 Å². The van der Waals surface area contributed by atoms with Crippen LogP contribution >= 0.6 is 0 Å². The number of halogens is 1. The van der Waals surface area contributed by atoms with Crippen LogP contribution in [-0.4, -0.2) is 20.6 Å². The highest BCUT2D eigenvalue weighted by Gasteiger charge is 2.31. The van der Waals surface area contributed by atoms with Crippen LogP contribution in [0, 0.1) is 12.7 Å². The van der Waals surface area contributed by atoms with E-state index in [0.29, 0.717) is 29.3 Å². The molecule has 0 N–H and O–H groups in total. The van der Waals surface area contributed by atoms with Gasteiger partial charge in [0.2, 0.25) is 5.75 Å². The molecule has 1 aliphatic rings. The second-order valence-electron chi connectivity index (χ2n) is 9.00. The molecular formula is C25H24FN3O4. The highest BCUT2D eigenvalue weighted by molar-refractivity contribution is 5.89. The summed E-state index contributed by atoms with van der Waals surface area (Å²) >= 11 is 0. The topological polar surface area (TPSA) is 79.4 Å². The molecule has 0 atom stereocenters. The van der Waals surface area contributed by atoms with Crippen LogP contribution in [0.5, 0.6) is 11.5 Å². The van der Waals surface area contributed by atoms with E-state index in [-0.39, 0.29) is 18.0 Å². The molecule has 0 spiro atoms. The van der Waals surface area contributed by atoms with Crippen molar-refractivity contribution >= 4 is 11.0 Å². The minimum atomic E-state index is -0.440. The number of hydrogen-bond acceptors (Lipinski definition) is 6. The van der Waals surface area contributed by atoms with Crippen LogP contribution in [0.4, 0.5) is 4.39 Å². The fraction of sp³-hybridized carbons (Fsp3) is 0.320. The standard InChI is InChI=1S/C25H24FN3O4/c1-15-10-21(30)32-23-20(15)11-17-8-9-25(2,3)33-22(17)24(23)31-14-19-13-29(28-27-19)12-16-4-6-18(26)7-5-16/h4-7,10-11,13H,8-9,12,14H2,1-3H3. The van der Waals surface area contributed by atoms with E-state index in [4.69, 9.17) is 13.9 Å². The smallest absolute Gasteiger partial charge is 0.336 e. The molecule has 7 nitrogen and oxygen atoms in total. The lowest BCUT2D eigenvalue weighted by Crippen LogP contribution is -2.32. The van der Waals surface area contributed by atoms with Gasteiger partial charge in [-0.25, -0.2) is 13.9 Å². The summed E-state index contributed by atoms with van der Waals surface area (Å²) in [7, 11) is 0. The molecule has 0 aliphatic carbocycles. The molecule has 2 aromatic heterocycles. The zero-order chi connectivity index (χ0) is 23.2. The van der Waals surface area contributed by atoms with Crippen molar-refractivity contribution in [3.63, 3.8) is 0 Å². The Kier molecular flexibility index (Phi) is 5.15. The second kappa shape index (κ2) is 8.03.